The summed E-state index contributed by atoms with van der Waals surface area (Å²) < 4.78 is 26.9. The van der Waals surface area contributed by atoms with E-state index in [1.54, 1.807) is 6.07 Å². The van der Waals surface area contributed by atoms with Crippen molar-refractivity contribution in [2.45, 2.75) is 31.8 Å². The van der Waals surface area contributed by atoms with E-state index in [0.29, 0.717) is 17.5 Å². The normalized spacial score (nSPS) is 29.2. The first-order chi connectivity index (χ1) is 9.16. The van der Waals surface area contributed by atoms with E-state index in [0.717, 1.165) is 32.1 Å². The Bertz CT molecular complexity index is 463. The lowest BCUT2D eigenvalue weighted by Crippen LogP contribution is -2.46. The fourth-order valence-corrected chi connectivity index (χ4v) is 3.60. The van der Waals surface area contributed by atoms with Gasteiger partial charge in [0.2, 0.25) is 0 Å². The van der Waals surface area contributed by atoms with Crippen LogP contribution in [0.3, 0.4) is 0 Å². The summed E-state index contributed by atoms with van der Waals surface area (Å²) in [4.78, 5) is 2.38. The number of hydrogen-bond donors (Lipinski definition) is 1. The van der Waals surface area contributed by atoms with Gasteiger partial charge >= 0.3 is 0 Å². The van der Waals surface area contributed by atoms with Crippen LogP contribution in [0.15, 0.2) is 18.2 Å². The molecule has 0 saturated carbocycles. The van der Waals surface area contributed by atoms with Crippen LogP contribution in [0, 0.1) is 17.6 Å². The molecule has 3 atom stereocenters. The minimum atomic E-state index is -0.507. The lowest BCUT2D eigenvalue weighted by atomic mass is 9.89. The lowest BCUT2D eigenvalue weighted by Gasteiger charge is -2.41. The van der Waals surface area contributed by atoms with Crippen molar-refractivity contribution in [1.82, 2.24) is 10.2 Å². The Hall–Kier alpha value is -1.00. The summed E-state index contributed by atoms with van der Waals surface area (Å²) in [5.74, 6) is -0.257. The molecule has 1 aromatic rings. The summed E-state index contributed by atoms with van der Waals surface area (Å²) in [6.07, 6.45) is 2.42. The highest BCUT2D eigenvalue weighted by molar-refractivity contribution is 5.22. The smallest absolute Gasteiger partial charge is 0.130 e. The van der Waals surface area contributed by atoms with Crippen molar-refractivity contribution >= 4 is 0 Å². The fraction of sp³-hybridized carbons (Fsp3) is 0.600. The Morgan fingerprint density at radius 2 is 2.16 bits per heavy atom. The van der Waals surface area contributed by atoms with Crippen molar-refractivity contribution in [2.75, 3.05) is 19.6 Å². The molecular weight excluding hydrogens is 246 g/mol. The Morgan fingerprint density at radius 3 is 2.95 bits per heavy atom. The topological polar surface area (TPSA) is 15.3 Å². The maximum Gasteiger partial charge on any atom is 0.130 e. The second kappa shape index (κ2) is 5.17. The van der Waals surface area contributed by atoms with Crippen LogP contribution in [-0.2, 0) is 0 Å². The third-order valence-corrected chi connectivity index (χ3v) is 4.63. The van der Waals surface area contributed by atoms with E-state index in [1.165, 1.54) is 12.5 Å². The molecule has 104 valence electrons. The predicted octanol–water partition coefficient (Wildman–Crippen LogP) is 2.71. The number of benzene rings is 1. The molecule has 0 amide bonds. The first-order valence-electron chi connectivity index (χ1n) is 7.08. The van der Waals surface area contributed by atoms with Crippen LogP contribution < -0.4 is 5.32 Å². The monoisotopic (exact) mass is 266 g/mol. The Kier molecular flexibility index (Phi) is 3.54. The molecule has 1 N–H and O–H groups in total. The van der Waals surface area contributed by atoms with Crippen LogP contribution in [0.4, 0.5) is 8.78 Å². The molecule has 0 radical (unpaired) electrons. The maximum atomic E-state index is 13.9. The summed E-state index contributed by atoms with van der Waals surface area (Å²) in [5, 5.41) is 3.43. The van der Waals surface area contributed by atoms with Gasteiger partial charge in [-0.15, -0.1) is 0 Å². The van der Waals surface area contributed by atoms with Gasteiger partial charge in [0.05, 0.1) is 0 Å². The number of likely N-dealkylation sites (tertiary alicyclic amines) is 1. The first kappa shape index (κ1) is 13.0. The molecule has 2 heterocycles. The van der Waals surface area contributed by atoms with Gasteiger partial charge in [0.15, 0.2) is 0 Å². The van der Waals surface area contributed by atoms with E-state index in [9.17, 15) is 8.78 Å². The molecule has 0 spiro atoms. The van der Waals surface area contributed by atoms with Gasteiger partial charge < -0.3 is 5.32 Å². The zero-order valence-electron chi connectivity index (χ0n) is 11.2. The van der Waals surface area contributed by atoms with Crippen LogP contribution in [0.25, 0.3) is 0 Å². The molecule has 0 bridgehead atoms. The maximum absolute atomic E-state index is 13.9. The highest BCUT2D eigenvalue weighted by atomic mass is 19.1. The number of nitrogens with zero attached hydrogens (tertiary/aromatic N) is 1. The average Bonchev–Trinajstić information content (AvgIpc) is 2.86. The summed E-state index contributed by atoms with van der Waals surface area (Å²) in [6, 6.07) is 4.42. The molecule has 2 fully saturated rings. The third kappa shape index (κ3) is 2.39. The van der Waals surface area contributed by atoms with Crippen molar-refractivity contribution in [3.8, 4) is 0 Å². The quantitative estimate of drug-likeness (QED) is 0.885. The van der Waals surface area contributed by atoms with Gasteiger partial charge in [0.25, 0.3) is 0 Å². The molecule has 2 aliphatic heterocycles. The molecule has 0 aromatic heterocycles. The van der Waals surface area contributed by atoms with E-state index in [2.05, 4.69) is 10.2 Å². The largest absolute Gasteiger partial charge is 0.315 e. The van der Waals surface area contributed by atoms with Gasteiger partial charge in [0, 0.05) is 30.3 Å². The minimum Gasteiger partial charge on any atom is -0.315 e. The molecule has 0 aliphatic carbocycles. The van der Waals surface area contributed by atoms with Crippen LogP contribution in [0.5, 0.6) is 0 Å². The van der Waals surface area contributed by atoms with Crippen molar-refractivity contribution in [3.05, 3.63) is 35.4 Å². The molecule has 3 unspecified atom stereocenters. The molecule has 3 rings (SSSR count). The molecular formula is C15H20F2N2. The highest BCUT2D eigenvalue weighted by Crippen LogP contribution is 2.34. The van der Waals surface area contributed by atoms with Crippen molar-refractivity contribution in [3.63, 3.8) is 0 Å². The van der Waals surface area contributed by atoms with Gasteiger partial charge in [-0.2, -0.15) is 0 Å². The van der Waals surface area contributed by atoms with Gasteiger partial charge in [-0.1, -0.05) is 6.07 Å². The summed E-state index contributed by atoms with van der Waals surface area (Å²) in [7, 11) is 0. The van der Waals surface area contributed by atoms with E-state index in [1.807, 2.05) is 6.92 Å². The molecule has 2 nitrogen and oxygen atoms in total. The van der Waals surface area contributed by atoms with Gasteiger partial charge in [-0.05, 0) is 44.8 Å². The summed E-state index contributed by atoms with van der Waals surface area (Å²) >= 11 is 0. The fourth-order valence-electron chi connectivity index (χ4n) is 3.60. The second-order valence-electron chi connectivity index (χ2n) is 5.71. The van der Waals surface area contributed by atoms with Crippen molar-refractivity contribution in [1.29, 1.82) is 0 Å². The lowest BCUT2D eigenvalue weighted by molar-refractivity contribution is 0.0830. The summed E-state index contributed by atoms with van der Waals surface area (Å²) in [6.45, 7) is 5.08. The number of piperidine rings is 1. The van der Waals surface area contributed by atoms with Crippen LogP contribution >= 0.6 is 0 Å². The van der Waals surface area contributed by atoms with Crippen LogP contribution in [0.2, 0.25) is 0 Å². The zero-order chi connectivity index (χ0) is 13.4. The SMILES string of the molecule is CC(c1ccc(F)cc1F)N1CCCC2CNCC21. The van der Waals surface area contributed by atoms with Crippen molar-refractivity contribution < 1.29 is 8.78 Å². The third-order valence-electron chi connectivity index (χ3n) is 4.63. The van der Waals surface area contributed by atoms with Crippen LogP contribution in [0.1, 0.15) is 31.4 Å². The molecule has 2 saturated heterocycles. The van der Waals surface area contributed by atoms with E-state index < -0.39 is 11.6 Å². The van der Waals surface area contributed by atoms with E-state index in [-0.39, 0.29) is 6.04 Å². The van der Waals surface area contributed by atoms with Gasteiger partial charge in [-0.3, -0.25) is 4.90 Å². The van der Waals surface area contributed by atoms with Gasteiger partial charge in [0.1, 0.15) is 11.6 Å². The van der Waals surface area contributed by atoms with Gasteiger partial charge in [-0.25, -0.2) is 8.78 Å². The predicted molar refractivity (Wildman–Crippen MR) is 70.9 cm³/mol. The van der Waals surface area contributed by atoms with E-state index in [4.69, 9.17) is 0 Å². The second-order valence-corrected chi connectivity index (χ2v) is 5.71. The number of fused-ring (bicyclic) bond motifs is 1. The Balaban J connectivity index is 1.84. The highest BCUT2D eigenvalue weighted by Gasteiger charge is 2.37. The Morgan fingerprint density at radius 1 is 1.32 bits per heavy atom. The molecule has 19 heavy (non-hydrogen) atoms. The molecule has 1 aromatic carbocycles. The zero-order valence-corrected chi connectivity index (χ0v) is 11.2. The van der Waals surface area contributed by atoms with E-state index >= 15 is 0 Å². The first-order valence-corrected chi connectivity index (χ1v) is 7.08. The number of halogens is 2. The van der Waals surface area contributed by atoms with Crippen LogP contribution in [-0.4, -0.2) is 30.6 Å². The Labute approximate surface area is 112 Å². The molecule has 4 heteroatoms. The standard InChI is InChI=1S/C15H20F2N2/c1-10(13-5-4-12(16)7-14(13)17)19-6-2-3-11-8-18-9-15(11)19/h4-5,7,10-11,15,18H,2-3,6,8-9H2,1H3. The number of nitrogens with one attached hydrogen (secondary N) is 1. The number of rotatable bonds is 2. The average molecular weight is 266 g/mol. The van der Waals surface area contributed by atoms with Crippen molar-refractivity contribution in [2.24, 2.45) is 5.92 Å². The molecule has 2 aliphatic rings. The number of hydrogen-bond acceptors (Lipinski definition) is 2. The summed E-state index contributed by atoms with van der Waals surface area (Å²) in [5.41, 5.74) is 0.606. The minimum absolute atomic E-state index is 0.00769.